The number of anilines is 1. The van der Waals surface area contributed by atoms with Gasteiger partial charge in [-0.25, -0.2) is 0 Å². The Morgan fingerprint density at radius 3 is 2.47 bits per heavy atom. The van der Waals surface area contributed by atoms with Crippen molar-refractivity contribution in [3.8, 4) is 5.75 Å². The number of hydrogen-bond donors (Lipinski definition) is 1. The average Bonchev–Trinajstić information content (AvgIpc) is 3.16. The van der Waals surface area contributed by atoms with E-state index in [1.54, 1.807) is 31.4 Å². The van der Waals surface area contributed by atoms with E-state index in [0.717, 1.165) is 41.0 Å². The second-order valence-electron chi connectivity index (χ2n) is 8.18. The monoisotopic (exact) mass is 428 g/mol. The second kappa shape index (κ2) is 9.69. The van der Waals surface area contributed by atoms with Crippen LogP contribution in [0, 0.1) is 0 Å². The summed E-state index contributed by atoms with van der Waals surface area (Å²) in [5.41, 5.74) is 4.85. The van der Waals surface area contributed by atoms with Crippen molar-refractivity contribution in [2.75, 3.05) is 12.0 Å². The van der Waals surface area contributed by atoms with Gasteiger partial charge in [0, 0.05) is 30.3 Å². The molecule has 0 fully saturated rings. The molecule has 0 spiro atoms. The molecular weight excluding hydrogens is 400 g/mol. The predicted octanol–water partition coefficient (Wildman–Crippen LogP) is 4.54. The molecule has 1 aliphatic rings. The van der Waals surface area contributed by atoms with Crippen LogP contribution in [0.3, 0.4) is 0 Å². The van der Waals surface area contributed by atoms with E-state index in [1.165, 1.54) is 0 Å². The number of hydrogen-bond acceptors (Lipinski definition) is 3. The number of rotatable bonds is 7. The number of aryl methyl sites for hydroxylation is 1. The molecule has 1 heterocycles. The third-order valence-corrected chi connectivity index (χ3v) is 5.89. The summed E-state index contributed by atoms with van der Waals surface area (Å²) in [5, 5.41) is 3.00. The molecule has 3 aromatic carbocycles. The van der Waals surface area contributed by atoms with E-state index >= 15 is 0 Å². The Kier molecular flexibility index (Phi) is 6.55. The number of carbonyl (C=O) groups is 2. The van der Waals surface area contributed by atoms with Crippen molar-refractivity contribution >= 4 is 17.5 Å². The number of ether oxygens (including phenoxy) is 1. The molecule has 1 atom stereocenters. The van der Waals surface area contributed by atoms with Crippen LogP contribution in [0.2, 0.25) is 0 Å². The molecule has 1 unspecified atom stereocenters. The normalized spacial score (nSPS) is 14.7. The van der Waals surface area contributed by atoms with Crippen molar-refractivity contribution in [3.63, 3.8) is 0 Å². The summed E-state index contributed by atoms with van der Waals surface area (Å²) in [7, 11) is 1.61. The van der Waals surface area contributed by atoms with E-state index in [-0.39, 0.29) is 17.9 Å². The molecule has 0 saturated heterocycles. The minimum Gasteiger partial charge on any atom is -0.497 e. The molecule has 2 amide bonds. The van der Waals surface area contributed by atoms with Gasteiger partial charge in [0.15, 0.2) is 0 Å². The lowest BCUT2D eigenvalue weighted by Gasteiger charge is -2.23. The van der Waals surface area contributed by atoms with Crippen molar-refractivity contribution in [1.82, 2.24) is 5.32 Å². The van der Waals surface area contributed by atoms with E-state index in [2.05, 4.69) is 18.3 Å². The maximum absolute atomic E-state index is 13.2. The number of benzene rings is 3. The molecule has 1 N–H and O–H groups in total. The molecule has 0 saturated carbocycles. The highest BCUT2D eigenvalue weighted by atomic mass is 16.5. The van der Waals surface area contributed by atoms with Gasteiger partial charge in [-0.2, -0.15) is 0 Å². The highest BCUT2D eigenvalue weighted by Gasteiger charge is 2.31. The summed E-state index contributed by atoms with van der Waals surface area (Å²) in [6.45, 7) is 2.51. The molecule has 5 heteroatoms. The Morgan fingerprint density at radius 2 is 1.75 bits per heavy atom. The minimum absolute atomic E-state index is 0.0221. The van der Waals surface area contributed by atoms with Gasteiger partial charge >= 0.3 is 0 Å². The first-order chi connectivity index (χ1) is 15.5. The number of nitrogens with one attached hydrogen (secondary N) is 1. The van der Waals surface area contributed by atoms with Crippen LogP contribution in [0.4, 0.5) is 5.69 Å². The molecule has 3 aromatic rings. The van der Waals surface area contributed by atoms with Crippen LogP contribution in [0.25, 0.3) is 0 Å². The second-order valence-corrected chi connectivity index (χ2v) is 8.18. The fourth-order valence-corrected chi connectivity index (χ4v) is 4.14. The smallest absolute Gasteiger partial charge is 0.258 e. The van der Waals surface area contributed by atoms with Crippen LogP contribution >= 0.6 is 0 Å². The van der Waals surface area contributed by atoms with Crippen LogP contribution in [0.5, 0.6) is 5.75 Å². The molecule has 5 nitrogen and oxygen atoms in total. The molecule has 4 rings (SSSR count). The van der Waals surface area contributed by atoms with E-state index in [9.17, 15) is 9.59 Å². The fourth-order valence-electron chi connectivity index (χ4n) is 4.14. The maximum atomic E-state index is 13.2. The largest absolute Gasteiger partial charge is 0.497 e. The maximum Gasteiger partial charge on any atom is 0.258 e. The van der Waals surface area contributed by atoms with Gasteiger partial charge in [-0.1, -0.05) is 42.5 Å². The van der Waals surface area contributed by atoms with Crippen molar-refractivity contribution in [2.24, 2.45) is 0 Å². The van der Waals surface area contributed by atoms with Gasteiger partial charge in [-0.3, -0.25) is 9.59 Å². The summed E-state index contributed by atoms with van der Waals surface area (Å²) in [6.07, 6.45) is 1.99. The van der Waals surface area contributed by atoms with Crippen molar-refractivity contribution in [2.45, 2.75) is 38.8 Å². The van der Waals surface area contributed by atoms with Crippen LogP contribution in [0.15, 0.2) is 72.8 Å². The van der Waals surface area contributed by atoms with E-state index in [4.69, 9.17) is 4.74 Å². The molecule has 164 valence electrons. The van der Waals surface area contributed by atoms with E-state index in [1.807, 2.05) is 47.4 Å². The standard InChI is InChI=1S/C27H28N2O3/c1-19-16-23-10-8-21(18-28-26(30)15-9-20-6-4-3-5-7-20)17-25(23)29(19)27(31)22-11-13-24(32-2)14-12-22/h3-8,10-14,17,19H,9,15-16,18H2,1-2H3,(H,28,30). The fraction of sp³-hybridized carbons (Fsp3) is 0.259. The molecule has 0 aliphatic carbocycles. The molecule has 0 aromatic heterocycles. The third-order valence-electron chi connectivity index (χ3n) is 5.89. The van der Waals surface area contributed by atoms with Gasteiger partial charge < -0.3 is 15.0 Å². The number of carbonyl (C=O) groups excluding carboxylic acids is 2. The summed E-state index contributed by atoms with van der Waals surface area (Å²) in [4.78, 5) is 27.4. The van der Waals surface area contributed by atoms with Gasteiger partial charge in [0.05, 0.1) is 7.11 Å². The summed E-state index contributed by atoms with van der Waals surface area (Å²) >= 11 is 0. The van der Waals surface area contributed by atoms with Gasteiger partial charge in [0.25, 0.3) is 5.91 Å². The first-order valence-corrected chi connectivity index (χ1v) is 10.9. The molecule has 1 aliphatic heterocycles. The summed E-state index contributed by atoms with van der Waals surface area (Å²) in [5.74, 6) is 0.721. The highest BCUT2D eigenvalue weighted by molar-refractivity contribution is 6.07. The zero-order chi connectivity index (χ0) is 22.5. The minimum atomic E-state index is -0.0250. The van der Waals surface area contributed by atoms with Crippen LogP contribution < -0.4 is 15.0 Å². The van der Waals surface area contributed by atoms with Gasteiger partial charge in [-0.15, -0.1) is 0 Å². The van der Waals surface area contributed by atoms with Crippen LogP contribution in [0.1, 0.15) is 40.4 Å². The Labute approximate surface area is 189 Å². The van der Waals surface area contributed by atoms with Gasteiger partial charge in [-0.05, 0) is 66.8 Å². The van der Waals surface area contributed by atoms with Gasteiger partial charge in [0.1, 0.15) is 5.75 Å². The first kappa shape index (κ1) is 21.6. The number of fused-ring (bicyclic) bond motifs is 1. The third kappa shape index (κ3) is 4.83. The Bertz CT molecular complexity index is 1090. The zero-order valence-corrected chi connectivity index (χ0v) is 18.5. The zero-order valence-electron chi connectivity index (χ0n) is 18.5. The molecule has 0 bridgehead atoms. The first-order valence-electron chi connectivity index (χ1n) is 10.9. The number of nitrogens with zero attached hydrogens (tertiary/aromatic N) is 1. The van der Waals surface area contributed by atoms with Crippen LogP contribution in [-0.2, 0) is 24.2 Å². The van der Waals surface area contributed by atoms with Crippen molar-refractivity contribution in [1.29, 1.82) is 0 Å². The topological polar surface area (TPSA) is 58.6 Å². The summed E-state index contributed by atoms with van der Waals surface area (Å²) < 4.78 is 5.20. The Balaban J connectivity index is 1.42. The molecular formula is C27H28N2O3. The van der Waals surface area contributed by atoms with Crippen LogP contribution in [-0.4, -0.2) is 25.0 Å². The number of amides is 2. The Hall–Kier alpha value is -3.60. The molecule has 0 radical (unpaired) electrons. The Morgan fingerprint density at radius 1 is 1.00 bits per heavy atom. The predicted molar refractivity (Wildman–Crippen MR) is 126 cm³/mol. The SMILES string of the molecule is COc1ccc(C(=O)N2c3cc(CNC(=O)CCc4ccccc4)ccc3CC2C)cc1. The quantitative estimate of drug-likeness (QED) is 0.601. The summed E-state index contributed by atoms with van der Waals surface area (Å²) in [6, 6.07) is 23.4. The number of methoxy groups -OCH3 is 1. The molecule has 32 heavy (non-hydrogen) atoms. The highest BCUT2D eigenvalue weighted by Crippen LogP contribution is 2.34. The lowest BCUT2D eigenvalue weighted by molar-refractivity contribution is -0.121. The lowest BCUT2D eigenvalue weighted by Crippen LogP contribution is -2.35. The van der Waals surface area contributed by atoms with Gasteiger partial charge in [0.2, 0.25) is 5.91 Å². The van der Waals surface area contributed by atoms with Crippen molar-refractivity contribution < 1.29 is 14.3 Å². The van der Waals surface area contributed by atoms with Crippen molar-refractivity contribution in [3.05, 3.63) is 95.1 Å². The lowest BCUT2D eigenvalue weighted by atomic mass is 10.1. The average molecular weight is 429 g/mol. The van der Waals surface area contributed by atoms with E-state index in [0.29, 0.717) is 18.5 Å². The van der Waals surface area contributed by atoms with E-state index < -0.39 is 0 Å².